The van der Waals surface area contributed by atoms with Gasteiger partial charge in [-0.1, -0.05) is 29.8 Å². The summed E-state index contributed by atoms with van der Waals surface area (Å²) in [5.41, 5.74) is 1.92. The number of carbonyl (C=O) groups excluding carboxylic acids is 2. The van der Waals surface area contributed by atoms with E-state index in [1.54, 1.807) is 48.5 Å². The van der Waals surface area contributed by atoms with Gasteiger partial charge in [0.1, 0.15) is 12.4 Å². The molecule has 1 fully saturated rings. The number of benzene rings is 3. The number of amides is 2. The zero-order valence-electron chi connectivity index (χ0n) is 17.2. The van der Waals surface area contributed by atoms with Crippen molar-refractivity contribution in [3.05, 3.63) is 91.1 Å². The van der Waals surface area contributed by atoms with Crippen LogP contribution in [0.5, 0.6) is 11.5 Å². The quantitative estimate of drug-likeness (QED) is 0.229. The van der Waals surface area contributed by atoms with Gasteiger partial charge in [0, 0.05) is 5.02 Å². The summed E-state index contributed by atoms with van der Waals surface area (Å²) < 4.78 is 25.3. The van der Waals surface area contributed by atoms with Crippen molar-refractivity contribution in [2.45, 2.75) is 6.61 Å². The van der Waals surface area contributed by atoms with Gasteiger partial charge in [0.05, 0.1) is 21.3 Å². The fourth-order valence-corrected chi connectivity index (χ4v) is 4.96. The van der Waals surface area contributed by atoms with Crippen LogP contribution in [0.4, 0.5) is 14.9 Å². The van der Waals surface area contributed by atoms with Gasteiger partial charge in [0.25, 0.3) is 11.1 Å². The second kappa shape index (κ2) is 10.1. The molecule has 0 spiro atoms. The SMILES string of the molecule is COc1cc(/C=C2/SC(=O)N(c3cccc(Cl)c3)C2=O)cc(I)c1OCc1ccc(F)cc1. The standard InChI is InChI=1S/C24H16ClFINO4S/c1-31-20-10-15(9-19(27)22(20)32-13-14-5-7-17(26)8-6-14)11-21-23(29)28(24(30)33-21)18-4-2-3-16(25)12-18/h2-12H,13H2,1H3/b21-11+. The molecule has 1 saturated heterocycles. The number of nitrogens with zero attached hydrogens (tertiary/aromatic N) is 1. The Morgan fingerprint density at radius 1 is 1.12 bits per heavy atom. The van der Waals surface area contributed by atoms with E-state index in [9.17, 15) is 14.0 Å². The molecule has 0 aliphatic carbocycles. The van der Waals surface area contributed by atoms with Crippen LogP contribution in [0, 0.1) is 9.39 Å². The van der Waals surface area contributed by atoms with E-state index in [1.807, 2.05) is 6.07 Å². The Morgan fingerprint density at radius 2 is 1.88 bits per heavy atom. The van der Waals surface area contributed by atoms with Crippen LogP contribution in [0.2, 0.25) is 5.02 Å². The molecular formula is C24H16ClFINO4S. The van der Waals surface area contributed by atoms with E-state index in [0.29, 0.717) is 27.8 Å². The largest absolute Gasteiger partial charge is 0.493 e. The number of hydrogen-bond donors (Lipinski definition) is 0. The second-order valence-corrected chi connectivity index (χ2v) is 9.54. The first kappa shape index (κ1) is 23.6. The number of carbonyl (C=O) groups is 2. The maximum Gasteiger partial charge on any atom is 0.298 e. The molecule has 0 saturated carbocycles. The Hall–Kier alpha value is -2.56. The minimum absolute atomic E-state index is 0.241. The van der Waals surface area contributed by atoms with Crippen molar-refractivity contribution in [1.82, 2.24) is 0 Å². The third-order valence-corrected chi connectivity index (χ3v) is 6.61. The van der Waals surface area contributed by atoms with E-state index < -0.39 is 11.1 Å². The number of hydrogen-bond acceptors (Lipinski definition) is 5. The molecule has 0 aromatic heterocycles. The van der Waals surface area contributed by atoms with Crippen LogP contribution < -0.4 is 14.4 Å². The Bertz CT molecular complexity index is 1270. The fourth-order valence-electron chi connectivity index (χ4n) is 3.16. The highest BCUT2D eigenvalue weighted by Crippen LogP contribution is 2.39. The molecule has 1 heterocycles. The Balaban J connectivity index is 1.58. The third-order valence-electron chi connectivity index (χ3n) is 4.71. The van der Waals surface area contributed by atoms with Crippen LogP contribution in [0.1, 0.15) is 11.1 Å². The van der Waals surface area contributed by atoms with Gasteiger partial charge in [-0.2, -0.15) is 0 Å². The number of halogens is 3. The van der Waals surface area contributed by atoms with Crippen molar-refractivity contribution in [3.8, 4) is 11.5 Å². The molecule has 0 N–H and O–H groups in total. The summed E-state index contributed by atoms with van der Waals surface area (Å²) in [6.07, 6.45) is 1.64. The van der Waals surface area contributed by atoms with E-state index in [0.717, 1.165) is 25.8 Å². The average molecular weight is 596 g/mol. The van der Waals surface area contributed by atoms with E-state index >= 15 is 0 Å². The zero-order chi connectivity index (χ0) is 23.5. The number of imide groups is 1. The summed E-state index contributed by atoms with van der Waals surface area (Å²) in [6, 6.07) is 16.2. The van der Waals surface area contributed by atoms with Gasteiger partial charge in [-0.25, -0.2) is 9.29 Å². The Labute approximate surface area is 212 Å². The summed E-state index contributed by atoms with van der Waals surface area (Å²) in [7, 11) is 1.52. The van der Waals surface area contributed by atoms with Crippen LogP contribution in [0.25, 0.3) is 6.08 Å². The number of methoxy groups -OCH3 is 1. The molecule has 9 heteroatoms. The lowest BCUT2D eigenvalue weighted by molar-refractivity contribution is -0.113. The normalized spacial score (nSPS) is 14.8. The molecule has 33 heavy (non-hydrogen) atoms. The van der Waals surface area contributed by atoms with Crippen LogP contribution >= 0.6 is 46.0 Å². The lowest BCUT2D eigenvalue weighted by atomic mass is 10.1. The molecule has 0 bridgehead atoms. The first-order valence-corrected chi connectivity index (χ1v) is 11.9. The zero-order valence-corrected chi connectivity index (χ0v) is 20.9. The number of rotatable bonds is 6. The molecule has 4 rings (SSSR count). The second-order valence-electron chi connectivity index (χ2n) is 6.95. The summed E-state index contributed by atoms with van der Waals surface area (Å²) in [6.45, 7) is 0.241. The van der Waals surface area contributed by atoms with Gasteiger partial charge in [-0.05, 0) is 94.0 Å². The molecule has 3 aromatic carbocycles. The van der Waals surface area contributed by atoms with Crippen LogP contribution in [-0.4, -0.2) is 18.3 Å². The molecular weight excluding hydrogens is 580 g/mol. The topological polar surface area (TPSA) is 55.8 Å². The van der Waals surface area contributed by atoms with E-state index in [-0.39, 0.29) is 17.3 Å². The van der Waals surface area contributed by atoms with Crippen LogP contribution in [0.15, 0.2) is 65.6 Å². The lowest BCUT2D eigenvalue weighted by Crippen LogP contribution is -2.27. The Kier molecular flexibility index (Phi) is 7.26. The van der Waals surface area contributed by atoms with Crippen molar-refractivity contribution < 1.29 is 23.5 Å². The number of anilines is 1. The van der Waals surface area contributed by atoms with Crippen molar-refractivity contribution in [2.75, 3.05) is 12.0 Å². The Morgan fingerprint density at radius 3 is 2.58 bits per heavy atom. The highest BCUT2D eigenvalue weighted by Gasteiger charge is 2.36. The van der Waals surface area contributed by atoms with E-state index in [4.69, 9.17) is 21.1 Å². The van der Waals surface area contributed by atoms with Crippen molar-refractivity contribution in [2.24, 2.45) is 0 Å². The fraction of sp³-hybridized carbons (Fsp3) is 0.0833. The number of thioether (sulfide) groups is 1. The molecule has 5 nitrogen and oxygen atoms in total. The summed E-state index contributed by atoms with van der Waals surface area (Å²) >= 11 is 8.99. The molecule has 168 valence electrons. The predicted octanol–water partition coefficient (Wildman–Crippen LogP) is 6.91. The smallest absolute Gasteiger partial charge is 0.298 e. The monoisotopic (exact) mass is 595 g/mol. The van der Waals surface area contributed by atoms with Crippen molar-refractivity contribution >= 4 is 68.9 Å². The van der Waals surface area contributed by atoms with Crippen molar-refractivity contribution in [3.63, 3.8) is 0 Å². The molecule has 0 radical (unpaired) electrons. The van der Waals surface area contributed by atoms with E-state index in [2.05, 4.69) is 22.6 Å². The third kappa shape index (κ3) is 5.34. The molecule has 1 aliphatic rings. The van der Waals surface area contributed by atoms with Crippen molar-refractivity contribution in [1.29, 1.82) is 0 Å². The minimum Gasteiger partial charge on any atom is -0.493 e. The van der Waals surface area contributed by atoms with Crippen LogP contribution in [0.3, 0.4) is 0 Å². The molecule has 2 amide bonds. The lowest BCUT2D eigenvalue weighted by Gasteiger charge is -2.14. The number of ether oxygens (including phenoxy) is 2. The van der Waals surface area contributed by atoms with Gasteiger partial charge in [0.15, 0.2) is 11.5 Å². The maximum atomic E-state index is 13.1. The van der Waals surface area contributed by atoms with Gasteiger partial charge in [-0.3, -0.25) is 9.59 Å². The van der Waals surface area contributed by atoms with Gasteiger partial charge >= 0.3 is 0 Å². The first-order chi connectivity index (χ1) is 15.9. The minimum atomic E-state index is -0.419. The molecule has 3 aromatic rings. The molecule has 0 unspecified atom stereocenters. The summed E-state index contributed by atoms with van der Waals surface area (Å²) in [4.78, 5) is 26.8. The predicted molar refractivity (Wildman–Crippen MR) is 136 cm³/mol. The van der Waals surface area contributed by atoms with Gasteiger partial charge in [-0.15, -0.1) is 0 Å². The molecule has 1 aliphatic heterocycles. The molecule has 0 atom stereocenters. The van der Waals surface area contributed by atoms with E-state index in [1.165, 1.54) is 19.2 Å². The summed E-state index contributed by atoms with van der Waals surface area (Å²) in [5, 5.41) is 0.0421. The van der Waals surface area contributed by atoms with Gasteiger partial charge < -0.3 is 9.47 Å². The summed E-state index contributed by atoms with van der Waals surface area (Å²) in [5.74, 6) is 0.281. The highest BCUT2D eigenvalue weighted by molar-refractivity contribution is 14.1. The average Bonchev–Trinajstić information content (AvgIpc) is 3.06. The highest BCUT2D eigenvalue weighted by atomic mass is 127. The van der Waals surface area contributed by atoms with Gasteiger partial charge in [0.2, 0.25) is 0 Å². The first-order valence-electron chi connectivity index (χ1n) is 9.64. The van der Waals surface area contributed by atoms with Crippen LogP contribution in [-0.2, 0) is 11.4 Å². The maximum absolute atomic E-state index is 13.1.